The number of benzene rings is 1. The molecule has 2 nitrogen and oxygen atoms in total. The normalized spacial score (nSPS) is 10.0. The molecule has 0 unspecified atom stereocenters. The Labute approximate surface area is 96.3 Å². The van der Waals surface area contributed by atoms with Gasteiger partial charge in [-0.05, 0) is 41.9 Å². The van der Waals surface area contributed by atoms with Gasteiger partial charge in [-0.15, -0.1) is 0 Å². The molecule has 0 saturated heterocycles. The first kappa shape index (κ1) is 11.5. The average molecular weight is 278 g/mol. The Bertz CT molecular complexity index is 363. The topological polar surface area (TPSA) is 26.3 Å². The Morgan fingerprint density at radius 2 is 2.21 bits per heavy atom. The third-order valence-corrected chi connectivity index (χ3v) is 2.66. The molecule has 0 spiro atoms. The summed E-state index contributed by atoms with van der Waals surface area (Å²) in [4.78, 5) is 11.3. The van der Waals surface area contributed by atoms with Gasteiger partial charge in [0, 0.05) is 4.47 Å². The Morgan fingerprint density at radius 1 is 1.57 bits per heavy atom. The van der Waals surface area contributed by atoms with Crippen LogP contribution >= 0.6 is 27.5 Å². The Morgan fingerprint density at radius 3 is 2.71 bits per heavy atom. The summed E-state index contributed by atoms with van der Waals surface area (Å²) in [5.41, 5.74) is 0.499. The van der Waals surface area contributed by atoms with E-state index in [4.69, 9.17) is 16.3 Å². The minimum absolute atomic E-state index is 0.0668. The molecule has 1 aromatic carbocycles. The third-order valence-electron chi connectivity index (χ3n) is 1.70. The Hall–Kier alpha value is -0.540. The van der Waals surface area contributed by atoms with E-state index in [1.807, 2.05) is 6.92 Å². The number of carbonyl (C=O) groups is 1. The average Bonchev–Trinajstić information content (AvgIpc) is 2.11. The molecule has 0 amide bonds. The van der Waals surface area contributed by atoms with E-state index in [9.17, 15) is 4.79 Å². The van der Waals surface area contributed by atoms with Gasteiger partial charge < -0.3 is 4.74 Å². The highest BCUT2D eigenvalue weighted by atomic mass is 79.9. The number of hydrogen-bond donors (Lipinski definition) is 0. The fourth-order valence-electron chi connectivity index (χ4n) is 1.15. The smallest absolute Gasteiger partial charge is 0.164 e. The maximum Gasteiger partial charge on any atom is 0.164 e. The van der Waals surface area contributed by atoms with E-state index in [0.29, 0.717) is 27.4 Å². The molecule has 0 N–H and O–H groups in total. The van der Waals surface area contributed by atoms with E-state index >= 15 is 0 Å². The van der Waals surface area contributed by atoms with Crippen LogP contribution in [-0.4, -0.2) is 12.4 Å². The van der Waals surface area contributed by atoms with Crippen molar-refractivity contribution in [3.05, 3.63) is 27.2 Å². The van der Waals surface area contributed by atoms with Gasteiger partial charge in [0.25, 0.3) is 0 Å². The number of hydrogen-bond acceptors (Lipinski definition) is 2. The largest absolute Gasteiger partial charge is 0.492 e. The van der Waals surface area contributed by atoms with Crippen LogP contribution in [0.1, 0.15) is 24.2 Å². The molecule has 0 aliphatic carbocycles. The maximum atomic E-state index is 11.3. The van der Waals surface area contributed by atoms with Gasteiger partial charge >= 0.3 is 0 Å². The van der Waals surface area contributed by atoms with Gasteiger partial charge in [0.2, 0.25) is 0 Å². The Kier molecular flexibility index (Phi) is 3.96. The van der Waals surface area contributed by atoms with E-state index in [1.165, 1.54) is 6.92 Å². The second-order valence-electron chi connectivity index (χ2n) is 2.72. The van der Waals surface area contributed by atoms with E-state index in [2.05, 4.69) is 15.9 Å². The van der Waals surface area contributed by atoms with E-state index in [1.54, 1.807) is 12.1 Å². The molecule has 0 aliphatic heterocycles. The molecule has 0 aliphatic rings. The zero-order valence-corrected chi connectivity index (χ0v) is 10.3. The first-order chi connectivity index (χ1) is 6.57. The quantitative estimate of drug-likeness (QED) is 0.787. The molecule has 4 heteroatoms. The van der Waals surface area contributed by atoms with Crippen LogP contribution in [0.5, 0.6) is 5.75 Å². The molecule has 1 rings (SSSR count). The standard InChI is InChI=1S/C10H10BrClO2/c1-3-14-10-8(12)5-4-7(11)9(10)6(2)13/h4-5H,3H2,1-2H3. The molecule has 76 valence electrons. The number of ketones is 1. The number of halogens is 2. The van der Waals surface area contributed by atoms with Crippen LogP contribution < -0.4 is 4.74 Å². The molecule has 14 heavy (non-hydrogen) atoms. The molecular formula is C10H10BrClO2. The minimum Gasteiger partial charge on any atom is -0.492 e. The lowest BCUT2D eigenvalue weighted by Crippen LogP contribution is -2.02. The lowest BCUT2D eigenvalue weighted by atomic mass is 10.1. The summed E-state index contributed by atoms with van der Waals surface area (Å²) in [5.74, 6) is 0.388. The summed E-state index contributed by atoms with van der Waals surface area (Å²) in [6, 6.07) is 3.44. The second-order valence-corrected chi connectivity index (χ2v) is 3.98. The molecule has 0 atom stereocenters. The zero-order chi connectivity index (χ0) is 10.7. The molecular weight excluding hydrogens is 267 g/mol. The summed E-state index contributed by atoms with van der Waals surface area (Å²) >= 11 is 9.22. The summed E-state index contributed by atoms with van der Waals surface area (Å²) in [6.45, 7) is 3.82. The zero-order valence-electron chi connectivity index (χ0n) is 7.93. The van der Waals surface area contributed by atoms with Gasteiger partial charge in [-0.25, -0.2) is 0 Å². The monoisotopic (exact) mass is 276 g/mol. The Balaban J connectivity index is 3.33. The third kappa shape index (κ3) is 2.28. The number of rotatable bonds is 3. The molecule has 0 heterocycles. The van der Waals surface area contributed by atoms with Crippen LogP contribution in [0.3, 0.4) is 0 Å². The minimum atomic E-state index is -0.0668. The van der Waals surface area contributed by atoms with Gasteiger partial charge in [0.05, 0.1) is 17.2 Å². The van der Waals surface area contributed by atoms with Crippen LogP contribution in [0.25, 0.3) is 0 Å². The van der Waals surface area contributed by atoms with Gasteiger partial charge in [0.1, 0.15) is 5.75 Å². The van der Waals surface area contributed by atoms with Crippen LogP contribution in [0, 0.1) is 0 Å². The van der Waals surface area contributed by atoms with Crippen molar-refractivity contribution < 1.29 is 9.53 Å². The van der Waals surface area contributed by atoms with E-state index in [0.717, 1.165) is 0 Å². The molecule has 0 saturated carbocycles. The molecule has 0 bridgehead atoms. The summed E-state index contributed by atoms with van der Waals surface area (Å²) in [6.07, 6.45) is 0. The van der Waals surface area contributed by atoms with E-state index < -0.39 is 0 Å². The molecule has 0 radical (unpaired) electrons. The van der Waals surface area contributed by atoms with Gasteiger partial charge in [-0.3, -0.25) is 4.79 Å². The SMILES string of the molecule is CCOc1c(Cl)ccc(Br)c1C(C)=O. The van der Waals surface area contributed by atoms with Crippen molar-refractivity contribution in [3.63, 3.8) is 0 Å². The summed E-state index contributed by atoms with van der Waals surface area (Å²) < 4.78 is 6.03. The molecule has 0 fully saturated rings. The van der Waals surface area contributed by atoms with Crippen LogP contribution in [0.15, 0.2) is 16.6 Å². The van der Waals surface area contributed by atoms with Crippen LogP contribution in [0.2, 0.25) is 5.02 Å². The van der Waals surface area contributed by atoms with Crippen molar-refractivity contribution in [3.8, 4) is 5.75 Å². The van der Waals surface area contributed by atoms with Crippen molar-refractivity contribution in [2.75, 3.05) is 6.61 Å². The number of ether oxygens (including phenoxy) is 1. The first-order valence-corrected chi connectivity index (χ1v) is 5.36. The lowest BCUT2D eigenvalue weighted by molar-refractivity contribution is 0.101. The van der Waals surface area contributed by atoms with Crippen molar-refractivity contribution in [1.29, 1.82) is 0 Å². The highest BCUT2D eigenvalue weighted by molar-refractivity contribution is 9.10. The van der Waals surface area contributed by atoms with Crippen molar-refractivity contribution in [1.82, 2.24) is 0 Å². The molecule has 0 aromatic heterocycles. The van der Waals surface area contributed by atoms with Crippen LogP contribution in [0.4, 0.5) is 0 Å². The van der Waals surface area contributed by atoms with Crippen molar-refractivity contribution in [2.45, 2.75) is 13.8 Å². The lowest BCUT2D eigenvalue weighted by Gasteiger charge is -2.11. The maximum absolute atomic E-state index is 11.3. The predicted octanol–water partition coefficient (Wildman–Crippen LogP) is 3.70. The van der Waals surface area contributed by atoms with Crippen LogP contribution in [-0.2, 0) is 0 Å². The highest BCUT2D eigenvalue weighted by Crippen LogP contribution is 2.34. The van der Waals surface area contributed by atoms with Gasteiger partial charge in [0.15, 0.2) is 5.78 Å². The summed E-state index contributed by atoms with van der Waals surface area (Å²) in [5, 5.41) is 0.459. The van der Waals surface area contributed by atoms with Gasteiger partial charge in [-0.1, -0.05) is 11.6 Å². The van der Waals surface area contributed by atoms with Crippen molar-refractivity contribution in [2.24, 2.45) is 0 Å². The second kappa shape index (κ2) is 4.80. The highest BCUT2D eigenvalue weighted by Gasteiger charge is 2.15. The van der Waals surface area contributed by atoms with Crippen molar-refractivity contribution >= 4 is 33.3 Å². The fourth-order valence-corrected chi connectivity index (χ4v) is 1.95. The predicted molar refractivity (Wildman–Crippen MR) is 60.3 cm³/mol. The summed E-state index contributed by atoms with van der Waals surface area (Å²) in [7, 11) is 0. The number of Topliss-reactive ketones (excluding diaryl/α,β-unsaturated/α-hetero) is 1. The fraction of sp³-hybridized carbons (Fsp3) is 0.300. The molecule has 1 aromatic rings. The van der Waals surface area contributed by atoms with Gasteiger partial charge in [-0.2, -0.15) is 0 Å². The van der Waals surface area contributed by atoms with E-state index in [-0.39, 0.29) is 5.78 Å². The first-order valence-electron chi connectivity index (χ1n) is 4.19. The number of carbonyl (C=O) groups excluding carboxylic acids is 1.